The van der Waals surface area contributed by atoms with E-state index in [1.165, 1.54) is 6.33 Å². The number of halogens is 1. The van der Waals surface area contributed by atoms with Gasteiger partial charge in [-0.3, -0.25) is 10.1 Å². The molecule has 1 aliphatic rings. The SMILES string of the molecule is C[C@@H]1CNC[C@H]1C(=O)Nc1nc(Cl)c2[nH]cnc2n1. The zero-order valence-electron chi connectivity index (χ0n) is 10.3. The van der Waals surface area contributed by atoms with Gasteiger partial charge >= 0.3 is 0 Å². The normalized spacial score (nSPS) is 22.8. The van der Waals surface area contributed by atoms with E-state index in [9.17, 15) is 4.79 Å². The fourth-order valence-corrected chi connectivity index (χ4v) is 2.44. The van der Waals surface area contributed by atoms with Gasteiger partial charge in [-0.05, 0) is 12.5 Å². The number of aromatic amines is 1. The number of carbonyl (C=O) groups excluding carboxylic acids is 1. The first-order valence-corrected chi connectivity index (χ1v) is 6.41. The van der Waals surface area contributed by atoms with Crippen molar-refractivity contribution in [2.45, 2.75) is 6.92 Å². The fourth-order valence-electron chi connectivity index (χ4n) is 2.22. The molecule has 0 spiro atoms. The third-order valence-corrected chi connectivity index (χ3v) is 3.60. The summed E-state index contributed by atoms with van der Waals surface area (Å²) in [5.74, 6) is 0.319. The van der Waals surface area contributed by atoms with E-state index >= 15 is 0 Å². The van der Waals surface area contributed by atoms with Gasteiger partial charge in [0.05, 0.1) is 12.2 Å². The largest absolute Gasteiger partial charge is 0.341 e. The summed E-state index contributed by atoms with van der Waals surface area (Å²) in [4.78, 5) is 27.1. The number of H-pyrrole nitrogens is 1. The van der Waals surface area contributed by atoms with E-state index in [2.05, 4.69) is 30.6 Å². The highest BCUT2D eigenvalue weighted by molar-refractivity contribution is 6.33. The van der Waals surface area contributed by atoms with Crippen molar-refractivity contribution in [2.24, 2.45) is 11.8 Å². The Morgan fingerprint density at radius 1 is 1.47 bits per heavy atom. The van der Waals surface area contributed by atoms with Gasteiger partial charge in [0.15, 0.2) is 10.8 Å². The zero-order chi connectivity index (χ0) is 13.4. The van der Waals surface area contributed by atoms with E-state index in [0.717, 1.165) is 6.54 Å². The molecule has 0 saturated carbocycles. The van der Waals surface area contributed by atoms with Crippen molar-refractivity contribution in [1.82, 2.24) is 25.3 Å². The van der Waals surface area contributed by atoms with Crippen molar-refractivity contribution < 1.29 is 4.79 Å². The minimum atomic E-state index is -0.0940. The number of anilines is 1. The number of hydrogen-bond acceptors (Lipinski definition) is 5. The lowest BCUT2D eigenvalue weighted by atomic mass is 9.97. The summed E-state index contributed by atoms with van der Waals surface area (Å²) in [6, 6.07) is 0. The molecule has 0 aliphatic carbocycles. The summed E-state index contributed by atoms with van der Waals surface area (Å²) < 4.78 is 0. The van der Waals surface area contributed by atoms with Crippen molar-refractivity contribution in [2.75, 3.05) is 18.4 Å². The molecule has 19 heavy (non-hydrogen) atoms. The first-order chi connectivity index (χ1) is 9.15. The third-order valence-electron chi connectivity index (χ3n) is 3.33. The van der Waals surface area contributed by atoms with Gasteiger partial charge in [0, 0.05) is 6.54 Å². The highest BCUT2D eigenvalue weighted by Gasteiger charge is 2.30. The van der Waals surface area contributed by atoms with Crippen LogP contribution in [0.4, 0.5) is 5.95 Å². The maximum atomic E-state index is 12.1. The Morgan fingerprint density at radius 3 is 3.05 bits per heavy atom. The van der Waals surface area contributed by atoms with Crippen LogP contribution in [0.25, 0.3) is 11.2 Å². The number of rotatable bonds is 2. The number of hydrogen-bond donors (Lipinski definition) is 3. The lowest BCUT2D eigenvalue weighted by Crippen LogP contribution is -2.28. The van der Waals surface area contributed by atoms with E-state index in [0.29, 0.717) is 23.6 Å². The molecule has 2 atom stereocenters. The Kier molecular flexibility index (Phi) is 3.08. The van der Waals surface area contributed by atoms with Crippen LogP contribution in [-0.4, -0.2) is 38.9 Å². The van der Waals surface area contributed by atoms with E-state index < -0.39 is 0 Å². The van der Waals surface area contributed by atoms with Crippen LogP contribution in [0.2, 0.25) is 5.15 Å². The first-order valence-electron chi connectivity index (χ1n) is 6.03. The number of aromatic nitrogens is 4. The molecule has 2 aromatic heterocycles. The molecule has 1 aliphatic heterocycles. The first kappa shape index (κ1) is 12.3. The van der Waals surface area contributed by atoms with Crippen LogP contribution < -0.4 is 10.6 Å². The summed E-state index contributed by atoms with van der Waals surface area (Å²) in [5, 5.41) is 6.12. The van der Waals surface area contributed by atoms with E-state index in [-0.39, 0.29) is 22.9 Å². The molecule has 3 rings (SSSR count). The molecule has 8 heteroatoms. The van der Waals surface area contributed by atoms with Gasteiger partial charge in [0.25, 0.3) is 0 Å². The predicted molar refractivity (Wildman–Crippen MR) is 70.8 cm³/mol. The van der Waals surface area contributed by atoms with Gasteiger partial charge in [0.1, 0.15) is 5.52 Å². The smallest absolute Gasteiger partial charge is 0.233 e. The highest BCUT2D eigenvalue weighted by atomic mass is 35.5. The molecule has 3 N–H and O–H groups in total. The summed E-state index contributed by atoms with van der Waals surface area (Å²) in [6.07, 6.45) is 1.49. The highest BCUT2D eigenvalue weighted by Crippen LogP contribution is 2.20. The Hall–Kier alpha value is -1.73. The predicted octanol–water partition coefficient (Wildman–Crippen LogP) is 0.800. The van der Waals surface area contributed by atoms with Crippen LogP contribution in [-0.2, 0) is 4.79 Å². The number of amides is 1. The summed E-state index contributed by atoms with van der Waals surface area (Å²) >= 11 is 5.99. The van der Waals surface area contributed by atoms with Gasteiger partial charge in [-0.15, -0.1) is 0 Å². The van der Waals surface area contributed by atoms with Crippen LogP contribution in [0.15, 0.2) is 6.33 Å². The Bertz CT molecular complexity index is 627. The lowest BCUT2D eigenvalue weighted by Gasteiger charge is -2.13. The van der Waals surface area contributed by atoms with Crippen LogP contribution in [0.3, 0.4) is 0 Å². The Balaban J connectivity index is 1.83. The molecular weight excluding hydrogens is 268 g/mol. The second-order valence-electron chi connectivity index (χ2n) is 4.67. The zero-order valence-corrected chi connectivity index (χ0v) is 11.0. The van der Waals surface area contributed by atoms with Crippen LogP contribution >= 0.6 is 11.6 Å². The maximum Gasteiger partial charge on any atom is 0.233 e. The monoisotopic (exact) mass is 280 g/mol. The van der Waals surface area contributed by atoms with Crippen LogP contribution in [0.5, 0.6) is 0 Å². The summed E-state index contributed by atoms with van der Waals surface area (Å²) in [7, 11) is 0. The van der Waals surface area contributed by atoms with Gasteiger partial charge in [0.2, 0.25) is 11.9 Å². The number of fused-ring (bicyclic) bond motifs is 1. The molecule has 100 valence electrons. The Morgan fingerprint density at radius 2 is 2.32 bits per heavy atom. The summed E-state index contributed by atoms with van der Waals surface area (Å²) in [5.41, 5.74) is 1.00. The molecule has 3 heterocycles. The number of nitrogens with zero attached hydrogens (tertiary/aromatic N) is 3. The topological polar surface area (TPSA) is 95.6 Å². The standard InChI is InChI=1S/C11H13ClN6O/c1-5-2-13-3-6(5)10(19)18-11-16-8(12)7-9(17-11)15-4-14-7/h4-6,13H,2-3H2,1H3,(H2,14,15,16,17,18,19)/t5-,6-/m1/s1. The molecule has 0 aromatic carbocycles. The number of imidazole rings is 1. The van der Waals surface area contributed by atoms with Gasteiger partial charge in [-0.2, -0.15) is 9.97 Å². The molecule has 1 fully saturated rings. The van der Waals surface area contributed by atoms with Crippen molar-refractivity contribution >= 4 is 34.6 Å². The minimum absolute atomic E-state index is 0.0720. The van der Waals surface area contributed by atoms with Crippen LogP contribution in [0.1, 0.15) is 6.92 Å². The van der Waals surface area contributed by atoms with Crippen molar-refractivity contribution in [3.8, 4) is 0 Å². The average Bonchev–Trinajstić information content (AvgIpc) is 2.97. The number of nitrogens with one attached hydrogen (secondary N) is 3. The molecule has 2 aromatic rings. The molecule has 0 unspecified atom stereocenters. The van der Waals surface area contributed by atoms with Crippen molar-refractivity contribution in [3.05, 3.63) is 11.5 Å². The Labute approximate surface area is 114 Å². The molecule has 0 bridgehead atoms. The number of carbonyl (C=O) groups is 1. The quantitative estimate of drug-likeness (QED) is 0.707. The average molecular weight is 281 g/mol. The molecule has 0 radical (unpaired) electrons. The van der Waals surface area contributed by atoms with Crippen LogP contribution in [0, 0.1) is 11.8 Å². The third kappa shape index (κ3) is 2.26. The fraction of sp³-hybridized carbons (Fsp3) is 0.455. The van der Waals surface area contributed by atoms with Gasteiger partial charge < -0.3 is 10.3 Å². The van der Waals surface area contributed by atoms with Crippen molar-refractivity contribution in [1.29, 1.82) is 0 Å². The van der Waals surface area contributed by atoms with Crippen molar-refractivity contribution in [3.63, 3.8) is 0 Å². The van der Waals surface area contributed by atoms with Gasteiger partial charge in [-0.25, -0.2) is 4.98 Å². The second kappa shape index (κ2) is 4.75. The molecule has 1 amide bonds. The van der Waals surface area contributed by atoms with E-state index in [1.807, 2.05) is 6.92 Å². The van der Waals surface area contributed by atoms with Gasteiger partial charge in [-0.1, -0.05) is 18.5 Å². The maximum absolute atomic E-state index is 12.1. The molecule has 7 nitrogen and oxygen atoms in total. The molecular formula is C11H13ClN6O. The van der Waals surface area contributed by atoms with E-state index in [4.69, 9.17) is 11.6 Å². The molecule has 1 saturated heterocycles. The summed E-state index contributed by atoms with van der Waals surface area (Å²) in [6.45, 7) is 3.55. The lowest BCUT2D eigenvalue weighted by molar-refractivity contribution is -0.120. The minimum Gasteiger partial charge on any atom is -0.341 e. The van der Waals surface area contributed by atoms with E-state index in [1.54, 1.807) is 0 Å². The second-order valence-corrected chi connectivity index (χ2v) is 5.03.